The average Bonchev–Trinajstić information content (AvgIpc) is 2.10. The lowest BCUT2D eigenvalue weighted by molar-refractivity contribution is 0.0439. The maximum atomic E-state index is 9.97. The monoisotopic (exact) mass is 229 g/mol. The van der Waals surface area contributed by atoms with Gasteiger partial charge >= 0.3 is 0 Å². The van der Waals surface area contributed by atoms with Crippen LogP contribution in [-0.4, -0.2) is 35.7 Å². The van der Waals surface area contributed by atoms with Gasteiger partial charge in [0.25, 0.3) is 0 Å². The fourth-order valence-corrected chi connectivity index (χ4v) is 1.84. The second kappa shape index (κ2) is 6.61. The van der Waals surface area contributed by atoms with Gasteiger partial charge in [0.15, 0.2) is 0 Å². The van der Waals surface area contributed by atoms with Crippen molar-refractivity contribution in [2.24, 2.45) is 11.3 Å². The van der Waals surface area contributed by atoms with Crippen molar-refractivity contribution in [1.29, 1.82) is 0 Å². The van der Waals surface area contributed by atoms with Gasteiger partial charge in [0.1, 0.15) is 0 Å². The fraction of sp³-hybridized carbons (Fsp3) is 1.00. The molecule has 2 unspecified atom stereocenters. The van der Waals surface area contributed by atoms with Crippen molar-refractivity contribution < 1.29 is 5.11 Å². The van der Waals surface area contributed by atoms with Gasteiger partial charge in [0.05, 0.1) is 6.10 Å². The van der Waals surface area contributed by atoms with Crippen molar-refractivity contribution in [3.05, 3.63) is 0 Å². The summed E-state index contributed by atoms with van der Waals surface area (Å²) >= 11 is 0. The van der Waals surface area contributed by atoms with Crippen LogP contribution in [0.1, 0.15) is 54.4 Å². The molecule has 0 rings (SSSR count). The lowest BCUT2D eigenvalue weighted by atomic mass is 9.87. The summed E-state index contributed by atoms with van der Waals surface area (Å²) in [6.07, 6.45) is 1.88. The van der Waals surface area contributed by atoms with Crippen LogP contribution in [0.5, 0.6) is 0 Å². The van der Waals surface area contributed by atoms with Crippen molar-refractivity contribution in [2.45, 2.75) is 66.5 Å². The molecule has 2 nitrogen and oxygen atoms in total. The first kappa shape index (κ1) is 15.9. The van der Waals surface area contributed by atoms with E-state index in [1.54, 1.807) is 0 Å². The predicted molar refractivity (Wildman–Crippen MR) is 71.6 cm³/mol. The molecule has 16 heavy (non-hydrogen) atoms. The Labute approximate surface area is 102 Å². The number of nitrogens with zero attached hydrogens (tertiary/aromatic N) is 1. The first-order chi connectivity index (χ1) is 7.14. The highest BCUT2D eigenvalue weighted by Crippen LogP contribution is 2.22. The third-order valence-corrected chi connectivity index (χ3v) is 3.32. The Morgan fingerprint density at radius 2 is 1.62 bits per heavy atom. The molecule has 0 radical (unpaired) electrons. The molecule has 0 aromatic rings. The van der Waals surface area contributed by atoms with E-state index in [-0.39, 0.29) is 11.5 Å². The SMILES string of the molecule is CC(C)CC(C)N(C)CCC(O)C(C)(C)C. The quantitative estimate of drug-likeness (QED) is 0.756. The first-order valence-corrected chi connectivity index (χ1v) is 6.53. The predicted octanol–water partition coefficient (Wildman–Crippen LogP) is 3.15. The van der Waals surface area contributed by atoms with Gasteiger partial charge in [0, 0.05) is 12.6 Å². The number of hydrogen-bond acceptors (Lipinski definition) is 2. The van der Waals surface area contributed by atoms with E-state index in [0.717, 1.165) is 18.9 Å². The Hall–Kier alpha value is -0.0800. The van der Waals surface area contributed by atoms with Crippen LogP contribution in [0.2, 0.25) is 0 Å². The van der Waals surface area contributed by atoms with Gasteiger partial charge in [-0.2, -0.15) is 0 Å². The van der Waals surface area contributed by atoms with Crippen LogP contribution in [0.4, 0.5) is 0 Å². The molecule has 0 aromatic carbocycles. The molecule has 0 amide bonds. The number of hydrogen-bond donors (Lipinski definition) is 1. The summed E-state index contributed by atoms with van der Waals surface area (Å²) < 4.78 is 0. The zero-order chi connectivity index (χ0) is 12.9. The molecule has 0 bridgehead atoms. The summed E-state index contributed by atoms with van der Waals surface area (Å²) in [4.78, 5) is 2.36. The zero-order valence-electron chi connectivity index (χ0n) is 12.2. The summed E-state index contributed by atoms with van der Waals surface area (Å²) in [5.41, 5.74) is 0.00211. The average molecular weight is 229 g/mol. The molecule has 0 saturated carbocycles. The molecule has 0 heterocycles. The summed E-state index contributed by atoms with van der Waals surface area (Å²) in [5, 5.41) is 9.97. The topological polar surface area (TPSA) is 23.5 Å². The van der Waals surface area contributed by atoms with E-state index in [0.29, 0.717) is 6.04 Å². The summed E-state index contributed by atoms with van der Waals surface area (Å²) in [5.74, 6) is 0.741. The molecule has 2 heteroatoms. The smallest absolute Gasteiger partial charge is 0.0600 e. The highest BCUT2D eigenvalue weighted by atomic mass is 16.3. The molecular formula is C14H31NO. The molecule has 0 aliphatic carbocycles. The second-order valence-corrected chi connectivity index (χ2v) is 6.63. The minimum Gasteiger partial charge on any atom is -0.393 e. The Morgan fingerprint density at radius 3 is 2.00 bits per heavy atom. The van der Waals surface area contributed by atoms with E-state index in [4.69, 9.17) is 0 Å². The maximum absolute atomic E-state index is 9.97. The van der Waals surface area contributed by atoms with Crippen molar-refractivity contribution in [2.75, 3.05) is 13.6 Å². The van der Waals surface area contributed by atoms with E-state index < -0.39 is 0 Å². The summed E-state index contributed by atoms with van der Waals surface area (Å²) in [7, 11) is 2.16. The Morgan fingerprint density at radius 1 is 1.12 bits per heavy atom. The van der Waals surface area contributed by atoms with Crippen LogP contribution >= 0.6 is 0 Å². The largest absolute Gasteiger partial charge is 0.393 e. The number of rotatable bonds is 6. The van der Waals surface area contributed by atoms with Gasteiger partial charge in [-0.25, -0.2) is 0 Å². The molecule has 0 fully saturated rings. The van der Waals surface area contributed by atoms with Gasteiger partial charge in [0.2, 0.25) is 0 Å². The van der Waals surface area contributed by atoms with E-state index in [2.05, 4.69) is 53.5 Å². The minimum absolute atomic E-state index is 0.00211. The lowest BCUT2D eigenvalue weighted by Crippen LogP contribution is -2.35. The standard InChI is InChI=1S/C14H31NO/c1-11(2)10-12(3)15(7)9-8-13(16)14(4,5)6/h11-13,16H,8-10H2,1-7H3. The maximum Gasteiger partial charge on any atom is 0.0600 e. The Kier molecular flexibility index (Phi) is 6.57. The molecule has 1 N–H and O–H groups in total. The lowest BCUT2D eigenvalue weighted by Gasteiger charge is -2.30. The van der Waals surface area contributed by atoms with Gasteiger partial charge in [-0.3, -0.25) is 0 Å². The van der Waals surface area contributed by atoms with Crippen molar-refractivity contribution in [1.82, 2.24) is 4.90 Å². The van der Waals surface area contributed by atoms with Gasteiger partial charge in [-0.05, 0) is 38.1 Å². The van der Waals surface area contributed by atoms with Crippen LogP contribution in [0.3, 0.4) is 0 Å². The van der Waals surface area contributed by atoms with E-state index in [9.17, 15) is 5.11 Å². The van der Waals surface area contributed by atoms with Gasteiger partial charge in [-0.1, -0.05) is 34.6 Å². The molecule has 98 valence electrons. The number of aliphatic hydroxyl groups excluding tert-OH is 1. The molecule has 0 aliphatic heterocycles. The van der Waals surface area contributed by atoms with Crippen molar-refractivity contribution >= 4 is 0 Å². The molecule has 0 spiro atoms. The van der Waals surface area contributed by atoms with Gasteiger partial charge in [-0.15, -0.1) is 0 Å². The highest BCUT2D eigenvalue weighted by molar-refractivity contribution is 4.75. The first-order valence-electron chi connectivity index (χ1n) is 6.53. The molecule has 0 aromatic heterocycles. The third-order valence-electron chi connectivity index (χ3n) is 3.32. The Balaban J connectivity index is 3.93. The molecule has 0 saturated heterocycles. The number of aliphatic hydroxyl groups is 1. The van der Waals surface area contributed by atoms with Crippen LogP contribution in [0.25, 0.3) is 0 Å². The normalized spacial score (nSPS) is 16.9. The third kappa shape index (κ3) is 6.49. The van der Waals surface area contributed by atoms with Crippen LogP contribution in [0, 0.1) is 11.3 Å². The molecule has 0 aliphatic rings. The van der Waals surface area contributed by atoms with Crippen LogP contribution in [0.15, 0.2) is 0 Å². The van der Waals surface area contributed by atoms with Crippen molar-refractivity contribution in [3.8, 4) is 0 Å². The van der Waals surface area contributed by atoms with Crippen LogP contribution < -0.4 is 0 Å². The van der Waals surface area contributed by atoms with E-state index in [1.165, 1.54) is 6.42 Å². The van der Waals surface area contributed by atoms with Crippen LogP contribution in [-0.2, 0) is 0 Å². The molecule has 2 atom stereocenters. The van der Waals surface area contributed by atoms with Gasteiger partial charge < -0.3 is 10.0 Å². The minimum atomic E-state index is -0.207. The van der Waals surface area contributed by atoms with E-state index >= 15 is 0 Å². The second-order valence-electron chi connectivity index (χ2n) is 6.63. The highest BCUT2D eigenvalue weighted by Gasteiger charge is 2.22. The summed E-state index contributed by atoms with van der Waals surface area (Å²) in [6.45, 7) is 14.0. The fourth-order valence-electron chi connectivity index (χ4n) is 1.84. The van der Waals surface area contributed by atoms with E-state index in [1.807, 2.05) is 0 Å². The summed E-state index contributed by atoms with van der Waals surface area (Å²) in [6, 6.07) is 0.604. The van der Waals surface area contributed by atoms with Crippen molar-refractivity contribution in [3.63, 3.8) is 0 Å². The zero-order valence-corrected chi connectivity index (χ0v) is 12.2. The Bertz CT molecular complexity index is 184. The molecular weight excluding hydrogens is 198 g/mol.